The van der Waals surface area contributed by atoms with E-state index in [9.17, 15) is 0 Å². The van der Waals surface area contributed by atoms with Gasteiger partial charge in [-0.2, -0.15) is 12.1 Å². The molecule has 0 aliphatic carbocycles. The fourth-order valence-electron chi connectivity index (χ4n) is 5.26. The average molecular weight is 717 g/mol. The van der Waals surface area contributed by atoms with Gasteiger partial charge in [0.2, 0.25) is 0 Å². The molecule has 0 saturated carbocycles. The first-order chi connectivity index (χ1) is 21.3. The Morgan fingerprint density at radius 2 is 1.02 bits per heavy atom. The van der Waals surface area contributed by atoms with E-state index in [4.69, 9.17) is 17.0 Å². The first-order valence-electron chi connectivity index (χ1n) is 15.0. The van der Waals surface area contributed by atoms with E-state index < -0.39 is 20.8 Å². The van der Waals surface area contributed by atoms with E-state index in [1.54, 1.807) is 0 Å². The molecule has 0 aliphatic heterocycles. The summed E-state index contributed by atoms with van der Waals surface area (Å²) in [6.07, 6.45) is 5.98. The molecule has 0 atom stereocenters. The van der Waals surface area contributed by atoms with E-state index in [0.717, 1.165) is 33.7 Å². The van der Waals surface area contributed by atoms with Crippen LogP contribution in [0.4, 0.5) is 0 Å². The Morgan fingerprint density at radius 1 is 0.636 bits per heavy atom. The number of halogens is 2. The van der Waals surface area contributed by atoms with Crippen LogP contribution in [0.2, 0.25) is 13.1 Å². The van der Waals surface area contributed by atoms with Crippen molar-refractivity contribution in [3.8, 4) is 22.5 Å². The van der Waals surface area contributed by atoms with Crippen molar-refractivity contribution < 1.29 is 20.8 Å². The van der Waals surface area contributed by atoms with E-state index >= 15 is 0 Å². The minimum atomic E-state index is -0.826. The summed E-state index contributed by atoms with van der Waals surface area (Å²) in [6, 6.07) is 34.3. The second-order valence-corrected chi connectivity index (χ2v) is 16.3. The summed E-state index contributed by atoms with van der Waals surface area (Å²) in [6.45, 7) is 13.4. The minimum absolute atomic E-state index is 0.690. The monoisotopic (exact) mass is 714 g/mol. The third kappa shape index (κ3) is 10.9. The molecule has 4 aromatic carbocycles. The molecule has 6 heteroatoms. The summed E-state index contributed by atoms with van der Waals surface area (Å²) < 4.78 is 0. The second-order valence-electron chi connectivity index (χ2n) is 11.5. The van der Waals surface area contributed by atoms with Gasteiger partial charge in [0, 0.05) is 21.9 Å². The van der Waals surface area contributed by atoms with Crippen molar-refractivity contribution in [3.63, 3.8) is 0 Å². The number of fused-ring (bicyclic) bond motifs is 2. The molecule has 2 aromatic heterocycles. The molecule has 2 heterocycles. The molecule has 0 N–H and O–H groups in total. The number of rotatable bonds is 6. The van der Waals surface area contributed by atoms with Crippen molar-refractivity contribution in [1.29, 1.82) is 0 Å². The van der Waals surface area contributed by atoms with Crippen LogP contribution in [-0.4, -0.2) is 19.5 Å². The normalized spacial score (nSPS) is 10.4. The fourth-order valence-corrected chi connectivity index (χ4v) is 5.26. The predicted octanol–water partition coefficient (Wildman–Crippen LogP) is 11.8. The van der Waals surface area contributed by atoms with Gasteiger partial charge in [-0.3, -0.25) is 9.97 Å². The van der Waals surface area contributed by atoms with Crippen LogP contribution >= 0.6 is 17.0 Å². The Balaban J connectivity index is 0.000000204. The molecule has 6 rings (SSSR count). The van der Waals surface area contributed by atoms with E-state index in [1.807, 2.05) is 36.7 Å². The Kier molecular flexibility index (Phi) is 15.8. The van der Waals surface area contributed by atoms with E-state index in [1.165, 1.54) is 43.8 Å². The standard InChI is InChI=1S/2C18H18N.C2H6Si.2ClH.Zr/c2*1-13(2)10-14-11-15-6-5-7-16(17(15)12-14)18-8-3-4-9-19-18;1-3-2;;;/h2*3-9,11-13H,10H2,1-2H3;1-2H3;2*1H;/q2*-1;;;;+4/p-2. The first-order valence-corrected chi connectivity index (χ1v) is 23.4. The number of hydrogen-bond acceptors (Lipinski definition) is 2. The van der Waals surface area contributed by atoms with Crippen molar-refractivity contribution in [1.82, 2.24) is 9.97 Å². The Bertz CT molecular complexity index is 1540. The molecule has 6 aromatic rings. The molecule has 0 spiro atoms. The summed E-state index contributed by atoms with van der Waals surface area (Å²) in [7, 11) is 11.0. The quantitative estimate of drug-likeness (QED) is 0.127. The zero-order valence-corrected chi connectivity index (χ0v) is 31.6. The van der Waals surface area contributed by atoms with Crippen molar-refractivity contribution in [2.24, 2.45) is 11.8 Å². The van der Waals surface area contributed by atoms with Crippen LogP contribution in [-0.2, 0) is 33.7 Å². The molecule has 0 aliphatic rings. The summed E-state index contributed by atoms with van der Waals surface area (Å²) >= 11 is -0.826. The van der Waals surface area contributed by atoms with Crippen LogP contribution in [0.3, 0.4) is 0 Å². The molecule has 0 unspecified atom stereocenters. The maximum absolute atomic E-state index is 4.93. The molecule has 226 valence electrons. The molecule has 0 saturated heterocycles. The third-order valence-corrected chi connectivity index (χ3v) is 6.79. The predicted molar refractivity (Wildman–Crippen MR) is 192 cm³/mol. The zero-order chi connectivity index (χ0) is 31.9. The van der Waals surface area contributed by atoms with Gasteiger partial charge < -0.3 is 0 Å². The SMILES string of the molecule is CC(C)Cc1cc2c(-c3ccccn3)cccc2[cH-]1.CC(C)Cc1cc2c(-c3ccccn3)cccc2[cH-]1.C[Si]C.[Cl][Zr+2][Cl]. The van der Waals surface area contributed by atoms with Gasteiger partial charge in [0.25, 0.3) is 0 Å². The van der Waals surface area contributed by atoms with Gasteiger partial charge in [0.1, 0.15) is 0 Å². The van der Waals surface area contributed by atoms with Gasteiger partial charge in [-0.05, 0) is 60.1 Å². The van der Waals surface area contributed by atoms with E-state index in [2.05, 4.69) is 124 Å². The molecular formula is C38H42Cl2N2SiZr. The fraction of sp³-hybridized carbons (Fsp3) is 0.263. The first kappa shape index (κ1) is 36.1. The van der Waals surface area contributed by atoms with Crippen molar-refractivity contribution in [3.05, 3.63) is 121 Å². The van der Waals surface area contributed by atoms with Gasteiger partial charge >= 0.3 is 37.9 Å². The summed E-state index contributed by atoms with van der Waals surface area (Å²) in [5.41, 5.74) is 7.41. The van der Waals surface area contributed by atoms with Crippen LogP contribution in [0.5, 0.6) is 0 Å². The van der Waals surface area contributed by atoms with E-state index in [-0.39, 0.29) is 0 Å². The second kappa shape index (κ2) is 19.2. The van der Waals surface area contributed by atoms with Gasteiger partial charge in [-0.25, -0.2) is 0 Å². The number of aromatic nitrogens is 2. The third-order valence-electron chi connectivity index (χ3n) is 6.79. The number of hydrogen-bond donors (Lipinski definition) is 0. The van der Waals surface area contributed by atoms with E-state index in [0.29, 0.717) is 11.8 Å². The van der Waals surface area contributed by atoms with Crippen molar-refractivity contribution in [2.75, 3.05) is 0 Å². The Hall–Kier alpha value is -2.36. The van der Waals surface area contributed by atoms with Crippen LogP contribution in [0.1, 0.15) is 38.8 Å². The Labute approximate surface area is 285 Å². The molecule has 0 bridgehead atoms. The summed E-state index contributed by atoms with van der Waals surface area (Å²) in [4.78, 5) is 8.94. The summed E-state index contributed by atoms with van der Waals surface area (Å²) in [5.74, 6) is 1.38. The van der Waals surface area contributed by atoms with Crippen LogP contribution in [0.25, 0.3) is 44.1 Å². The van der Waals surface area contributed by atoms with Gasteiger partial charge in [0.05, 0.1) is 11.4 Å². The van der Waals surface area contributed by atoms with Crippen LogP contribution in [0, 0.1) is 11.8 Å². The Morgan fingerprint density at radius 3 is 1.34 bits per heavy atom. The van der Waals surface area contributed by atoms with Crippen molar-refractivity contribution in [2.45, 2.75) is 53.6 Å². The van der Waals surface area contributed by atoms with Gasteiger partial charge in [0.15, 0.2) is 0 Å². The van der Waals surface area contributed by atoms with Crippen LogP contribution in [0.15, 0.2) is 109 Å². The molecule has 0 fully saturated rings. The van der Waals surface area contributed by atoms with Gasteiger partial charge in [-0.15, -0.1) is 69.1 Å². The van der Waals surface area contributed by atoms with Crippen molar-refractivity contribution >= 4 is 48.1 Å². The topological polar surface area (TPSA) is 25.8 Å². The maximum atomic E-state index is 4.93. The number of benzene rings is 2. The number of nitrogens with zero attached hydrogens (tertiary/aromatic N) is 2. The molecule has 0 amide bonds. The van der Waals surface area contributed by atoms with Crippen LogP contribution < -0.4 is 0 Å². The molecule has 44 heavy (non-hydrogen) atoms. The zero-order valence-electron chi connectivity index (χ0n) is 26.6. The summed E-state index contributed by atoms with van der Waals surface area (Å²) in [5, 5.41) is 5.27. The average Bonchev–Trinajstić information content (AvgIpc) is 3.61. The molecule has 2 radical (unpaired) electrons. The molecule has 2 nitrogen and oxygen atoms in total. The molecular weight excluding hydrogens is 675 g/mol. The van der Waals surface area contributed by atoms with Gasteiger partial charge in [-0.1, -0.05) is 65.1 Å². The number of pyridine rings is 2.